The molecule has 0 heterocycles. The third-order valence-corrected chi connectivity index (χ3v) is 0.366. The van der Waals surface area contributed by atoms with Gasteiger partial charge in [-0.2, -0.15) is 0 Å². The summed E-state index contributed by atoms with van der Waals surface area (Å²) in [5, 5.41) is 0. The molecule has 0 aromatic rings. The Morgan fingerprint density at radius 2 is 2.00 bits per heavy atom. The van der Waals surface area contributed by atoms with Crippen LogP contribution in [0.1, 0.15) is 0 Å². The number of ether oxygens (including phenoxy) is 1. The number of carbonyl (C=O) groups excluding carboxylic acids is 1. The van der Waals surface area contributed by atoms with E-state index >= 15 is 0 Å². The molecule has 0 bridgehead atoms. The van der Waals surface area contributed by atoms with Gasteiger partial charge in [0.1, 0.15) is 0 Å². The molecular weight excluding hydrogens is 128 g/mol. The summed E-state index contributed by atoms with van der Waals surface area (Å²) in [5.74, 6) is -0.477. The molecule has 0 unspecified atom stereocenters. The van der Waals surface area contributed by atoms with Gasteiger partial charge in [0, 0.05) is 6.08 Å². The van der Waals surface area contributed by atoms with E-state index in [4.69, 9.17) is 0 Å². The van der Waals surface area contributed by atoms with E-state index in [1.165, 1.54) is 0 Å². The minimum absolute atomic E-state index is 0. The van der Waals surface area contributed by atoms with Crippen LogP contribution < -0.4 is 0 Å². The smallest absolute Gasteiger partial charge is 0.334 e. The number of esters is 1. The lowest BCUT2D eigenvalue weighted by molar-refractivity contribution is -0.132. The van der Waals surface area contributed by atoms with Gasteiger partial charge in [-0.15, -0.1) is 12.4 Å². The molecule has 0 fully saturated rings. The lowest BCUT2D eigenvalue weighted by Gasteiger charge is -1.85. The maximum Gasteiger partial charge on any atom is 0.334 e. The highest BCUT2D eigenvalue weighted by atomic mass is 35.5. The summed E-state index contributed by atoms with van der Waals surface area (Å²) >= 11 is 0. The van der Waals surface area contributed by atoms with Crippen LogP contribution in [0.25, 0.3) is 0 Å². The minimum atomic E-state index is -0.477. The van der Waals surface area contributed by atoms with E-state index in [0.717, 1.165) is 12.3 Å². The van der Waals surface area contributed by atoms with Crippen molar-refractivity contribution < 1.29 is 9.53 Å². The quantitative estimate of drug-likeness (QED) is 0.323. The lowest BCUT2D eigenvalue weighted by Crippen LogP contribution is -1.90. The first-order valence-corrected chi connectivity index (χ1v) is 1.75. The fraction of sp³-hybridized carbons (Fsp3) is 0. The number of hydrogen-bond donors (Lipinski definition) is 0. The molecule has 0 aromatic carbocycles. The van der Waals surface area contributed by atoms with Crippen molar-refractivity contribution in [2.24, 2.45) is 0 Å². The van der Waals surface area contributed by atoms with Crippen LogP contribution in [0.2, 0.25) is 0 Å². The highest BCUT2D eigenvalue weighted by Gasteiger charge is 1.84. The maximum atomic E-state index is 10.0. The first-order valence-electron chi connectivity index (χ1n) is 1.75. The molecule has 0 saturated carbocycles. The predicted molar refractivity (Wildman–Crippen MR) is 33.7 cm³/mol. The summed E-state index contributed by atoms with van der Waals surface area (Å²) in [4.78, 5) is 10.0. The van der Waals surface area contributed by atoms with Crippen LogP contribution in [-0.2, 0) is 9.53 Å². The van der Waals surface area contributed by atoms with E-state index < -0.39 is 5.97 Å². The van der Waals surface area contributed by atoms with Crippen molar-refractivity contribution in [3.8, 4) is 0 Å². The average molecular weight is 135 g/mol. The molecule has 0 rings (SSSR count). The Labute approximate surface area is 54.2 Å². The largest absolute Gasteiger partial charge is 0.432 e. The van der Waals surface area contributed by atoms with Gasteiger partial charge < -0.3 is 4.74 Å². The molecule has 0 N–H and O–H groups in total. The highest BCUT2D eigenvalue weighted by Crippen LogP contribution is 1.75. The zero-order chi connectivity index (χ0) is 5.70. The first kappa shape index (κ1) is 10.3. The van der Waals surface area contributed by atoms with Crippen molar-refractivity contribution in [3.63, 3.8) is 0 Å². The van der Waals surface area contributed by atoms with Crippen LogP contribution in [-0.4, -0.2) is 5.97 Å². The van der Waals surface area contributed by atoms with Crippen LogP contribution in [0.4, 0.5) is 0 Å². The van der Waals surface area contributed by atoms with Crippen LogP contribution in [0.5, 0.6) is 0 Å². The maximum absolute atomic E-state index is 10.0. The van der Waals surface area contributed by atoms with E-state index in [9.17, 15) is 4.79 Å². The van der Waals surface area contributed by atoms with Gasteiger partial charge in [0.25, 0.3) is 0 Å². The van der Waals surface area contributed by atoms with Crippen molar-refractivity contribution in [2.75, 3.05) is 0 Å². The second-order valence-electron chi connectivity index (χ2n) is 0.808. The van der Waals surface area contributed by atoms with Gasteiger partial charge in [0.2, 0.25) is 0 Å². The number of hydrogen-bond acceptors (Lipinski definition) is 2. The van der Waals surface area contributed by atoms with E-state index in [-0.39, 0.29) is 12.4 Å². The Kier molecular flexibility index (Phi) is 8.01. The molecule has 2 nitrogen and oxygen atoms in total. The molecule has 46 valence electrons. The molecule has 3 heteroatoms. The number of halogens is 1. The Bertz CT molecular complexity index is 98.6. The van der Waals surface area contributed by atoms with E-state index in [1.807, 2.05) is 0 Å². The molecule has 8 heavy (non-hydrogen) atoms. The molecule has 0 aromatic heterocycles. The van der Waals surface area contributed by atoms with Crippen molar-refractivity contribution in [1.29, 1.82) is 0 Å². The second-order valence-corrected chi connectivity index (χ2v) is 0.808. The van der Waals surface area contributed by atoms with Crippen molar-refractivity contribution in [3.05, 3.63) is 25.5 Å². The SMILES string of the molecule is C=COC(=O)C=C.Cl. The Hall–Kier alpha value is -0.760. The van der Waals surface area contributed by atoms with E-state index in [1.54, 1.807) is 0 Å². The third kappa shape index (κ3) is 5.24. The molecule has 0 aliphatic rings. The monoisotopic (exact) mass is 134 g/mol. The summed E-state index contributed by atoms with van der Waals surface area (Å²) in [6.45, 7) is 6.31. The van der Waals surface area contributed by atoms with E-state index in [0.29, 0.717) is 0 Å². The van der Waals surface area contributed by atoms with E-state index in [2.05, 4.69) is 17.9 Å². The van der Waals surface area contributed by atoms with Gasteiger partial charge in [0.05, 0.1) is 6.26 Å². The molecule has 0 saturated heterocycles. The van der Waals surface area contributed by atoms with Crippen molar-refractivity contribution in [2.45, 2.75) is 0 Å². The first-order chi connectivity index (χ1) is 3.31. The van der Waals surface area contributed by atoms with Gasteiger partial charge in [-0.1, -0.05) is 13.2 Å². The summed E-state index contributed by atoms with van der Waals surface area (Å²) in [7, 11) is 0. The molecule has 0 atom stereocenters. The summed E-state index contributed by atoms with van der Waals surface area (Å²) in [6, 6.07) is 0. The normalized spacial score (nSPS) is 6.00. The minimum Gasteiger partial charge on any atom is -0.432 e. The van der Waals surface area contributed by atoms with Crippen LogP contribution in [0, 0.1) is 0 Å². The topological polar surface area (TPSA) is 26.3 Å². The highest BCUT2D eigenvalue weighted by molar-refractivity contribution is 5.85. The third-order valence-electron chi connectivity index (χ3n) is 0.366. The molecule has 0 radical (unpaired) electrons. The molecule has 0 amide bonds. The summed E-state index contributed by atoms with van der Waals surface area (Å²) in [6.07, 6.45) is 2.13. The Morgan fingerprint density at radius 1 is 1.50 bits per heavy atom. The Balaban J connectivity index is 0. The molecule has 0 aliphatic carbocycles. The zero-order valence-corrected chi connectivity index (χ0v) is 5.11. The fourth-order valence-corrected chi connectivity index (χ4v) is 0.130. The number of carbonyl (C=O) groups is 1. The van der Waals surface area contributed by atoms with Gasteiger partial charge in [-0.05, 0) is 0 Å². The van der Waals surface area contributed by atoms with Crippen LogP contribution >= 0.6 is 12.4 Å². The second kappa shape index (κ2) is 6.24. The standard InChI is InChI=1S/C5H6O2.ClH/c1-3-5(6)7-4-2;/h3-4H,1-2H2;1H. The van der Waals surface area contributed by atoms with Crippen LogP contribution in [0.15, 0.2) is 25.5 Å². The van der Waals surface area contributed by atoms with Gasteiger partial charge in [-0.25, -0.2) is 4.79 Å². The average Bonchev–Trinajstić information content (AvgIpc) is 1.68. The van der Waals surface area contributed by atoms with Gasteiger partial charge in [-0.3, -0.25) is 0 Å². The number of rotatable bonds is 2. The fourth-order valence-electron chi connectivity index (χ4n) is 0.130. The predicted octanol–water partition coefficient (Wildman–Crippen LogP) is 1.28. The molecule has 0 spiro atoms. The summed E-state index contributed by atoms with van der Waals surface area (Å²) in [5.41, 5.74) is 0. The lowest BCUT2D eigenvalue weighted by atomic mass is 10.7. The van der Waals surface area contributed by atoms with Crippen molar-refractivity contribution in [1.82, 2.24) is 0 Å². The van der Waals surface area contributed by atoms with Crippen LogP contribution in [0.3, 0.4) is 0 Å². The zero-order valence-electron chi connectivity index (χ0n) is 4.29. The molecular formula is C5H7ClO2. The Morgan fingerprint density at radius 3 is 2.12 bits per heavy atom. The summed E-state index contributed by atoms with van der Waals surface area (Å²) < 4.78 is 4.20. The van der Waals surface area contributed by atoms with Gasteiger partial charge >= 0.3 is 5.97 Å². The van der Waals surface area contributed by atoms with Gasteiger partial charge in [0.15, 0.2) is 0 Å². The molecule has 0 aliphatic heterocycles. The van der Waals surface area contributed by atoms with Crippen molar-refractivity contribution >= 4 is 18.4 Å².